The molecular weight excluding hydrogens is 256 g/mol. The van der Waals surface area contributed by atoms with Crippen LogP contribution in [0.2, 0.25) is 0 Å². The summed E-state index contributed by atoms with van der Waals surface area (Å²) in [5.74, 6) is 1.57. The van der Waals surface area contributed by atoms with Crippen LogP contribution < -0.4 is 0 Å². The molecule has 0 aliphatic rings. The van der Waals surface area contributed by atoms with E-state index in [2.05, 4.69) is 60.6 Å². The van der Waals surface area contributed by atoms with E-state index in [0.29, 0.717) is 17.8 Å². The van der Waals surface area contributed by atoms with Crippen LogP contribution in [0.25, 0.3) is 0 Å². The SMILES string of the molecule is C/C=C\OC(C)c1c(C(C)C)cc(C(C)C)cc1C(C)C. The van der Waals surface area contributed by atoms with Crippen molar-refractivity contribution in [1.82, 2.24) is 0 Å². The summed E-state index contributed by atoms with van der Waals surface area (Å²) in [5.41, 5.74) is 5.68. The summed E-state index contributed by atoms with van der Waals surface area (Å²) in [7, 11) is 0. The first kappa shape index (κ1) is 17.8. The van der Waals surface area contributed by atoms with Crippen LogP contribution in [-0.4, -0.2) is 0 Å². The average Bonchev–Trinajstić information content (AvgIpc) is 2.42. The average molecular weight is 288 g/mol. The quantitative estimate of drug-likeness (QED) is 0.531. The van der Waals surface area contributed by atoms with Crippen LogP contribution >= 0.6 is 0 Å². The van der Waals surface area contributed by atoms with E-state index in [1.807, 2.05) is 13.0 Å². The lowest BCUT2D eigenvalue weighted by molar-refractivity contribution is 0.161. The van der Waals surface area contributed by atoms with Crippen LogP contribution in [0.1, 0.15) is 102 Å². The zero-order valence-electron chi connectivity index (χ0n) is 15.0. The van der Waals surface area contributed by atoms with E-state index in [4.69, 9.17) is 4.74 Å². The Bertz CT molecular complexity index is 452. The second-order valence-corrected chi connectivity index (χ2v) is 6.82. The molecule has 0 aromatic heterocycles. The fourth-order valence-electron chi connectivity index (χ4n) is 2.75. The zero-order chi connectivity index (χ0) is 16.2. The fraction of sp³-hybridized carbons (Fsp3) is 0.600. The van der Waals surface area contributed by atoms with E-state index in [0.717, 1.165) is 0 Å². The molecule has 0 saturated heterocycles. The fourth-order valence-corrected chi connectivity index (χ4v) is 2.75. The van der Waals surface area contributed by atoms with E-state index in [9.17, 15) is 0 Å². The van der Waals surface area contributed by atoms with Gasteiger partial charge in [-0.15, -0.1) is 0 Å². The van der Waals surface area contributed by atoms with Crippen molar-refractivity contribution in [2.45, 2.75) is 79.2 Å². The Kier molecular flexibility index (Phi) is 6.51. The minimum Gasteiger partial charge on any atom is -0.494 e. The zero-order valence-corrected chi connectivity index (χ0v) is 15.0. The molecule has 118 valence electrons. The van der Waals surface area contributed by atoms with Gasteiger partial charge in [0.15, 0.2) is 0 Å². The van der Waals surface area contributed by atoms with Gasteiger partial charge in [0.2, 0.25) is 0 Å². The van der Waals surface area contributed by atoms with Crippen molar-refractivity contribution in [3.8, 4) is 0 Å². The van der Waals surface area contributed by atoms with Crippen LogP contribution in [0.3, 0.4) is 0 Å². The molecule has 21 heavy (non-hydrogen) atoms. The Labute approximate surface area is 131 Å². The Balaban J connectivity index is 3.49. The molecule has 0 radical (unpaired) electrons. The Morgan fingerprint density at radius 3 is 1.62 bits per heavy atom. The Morgan fingerprint density at radius 2 is 1.29 bits per heavy atom. The lowest BCUT2D eigenvalue weighted by atomic mass is 9.82. The van der Waals surface area contributed by atoms with Gasteiger partial charge in [-0.1, -0.05) is 59.8 Å². The molecule has 1 aromatic carbocycles. The van der Waals surface area contributed by atoms with E-state index >= 15 is 0 Å². The summed E-state index contributed by atoms with van der Waals surface area (Å²) in [6, 6.07) is 4.76. The van der Waals surface area contributed by atoms with Crippen molar-refractivity contribution >= 4 is 0 Å². The first-order valence-corrected chi connectivity index (χ1v) is 8.23. The number of rotatable bonds is 6. The molecule has 0 fully saturated rings. The highest BCUT2D eigenvalue weighted by Crippen LogP contribution is 2.36. The molecule has 1 heteroatoms. The lowest BCUT2D eigenvalue weighted by Crippen LogP contribution is -2.10. The highest BCUT2D eigenvalue weighted by atomic mass is 16.5. The summed E-state index contributed by atoms with van der Waals surface area (Å²) < 4.78 is 5.88. The van der Waals surface area contributed by atoms with E-state index in [1.54, 1.807) is 6.26 Å². The molecule has 0 heterocycles. The normalized spacial score (nSPS) is 13.7. The van der Waals surface area contributed by atoms with Crippen LogP contribution in [0.15, 0.2) is 24.5 Å². The van der Waals surface area contributed by atoms with Crippen molar-refractivity contribution in [3.05, 3.63) is 46.7 Å². The van der Waals surface area contributed by atoms with Gasteiger partial charge in [-0.05, 0) is 53.9 Å². The number of benzene rings is 1. The monoisotopic (exact) mass is 288 g/mol. The molecule has 1 aromatic rings. The first-order chi connectivity index (χ1) is 9.79. The maximum Gasteiger partial charge on any atom is 0.121 e. The van der Waals surface area contributed by atoms with E-state index < -0.39 is 0 Å². The van der Waals surface area contributed by atoms with Crippen LogP contribution in [-0.2, 0) is 4.74 Å². The largest absolute Gasteiger partial charge is 0.494 e. The van der Waals surface area contributed by atoms with Gasteiger partial charge >= 0.3 is 0 Å². The number of hydrogen-bond acceptors (Lipinski definition) is 1. The van der Waals surface area contributed by atoms with Gasteiger partial charge < -0.3 is 4.74 Å². The predicted octanol–water partition coefficient (Wildman–Crippen LogP) is 6.67. The van der Waals surface area contributed by atoms with E-state index in [-0.39, 0.29) is 6.10 Å². The molecule has 0 aliphatic carbocycles. The van der Waals surface area contributed by atoms with Gasteiger partial charge in [0.05, 0.1) is 6.26 Å². The first-order valence-electron chi connectivity index (χ1n) is 8.23. The van der Waals surface area contributed by atoms with Crippen LogP contribution in [0.4, 0.5) is 0 Å². The van der Waals surface area contributed by atoms with Crippen molar-refractivity contribution < 1.29 is 4.74 Å². The van der Waals surface area contributed by atoms with Crippen LogP contribution in [0.5, 0.6) is 0 Å². The standard InChI is InChI=1S/C20H32O/c1-9-10-21-16(8)20-18(14(4)5)11-17(13(2)3)12-19(20)15(6)7/h9-16H,1-8H3/b10-9-. The van der Waals surface area contributed by atoms with Crippen molar-refractivity contribution in [1.29, 1.82) is 0 Å². The summed E-state index contributed by atoms with van der Waals surface area (Å²) in [5, 5.41) is 0. The highest BCUT2D eigenvalue weighted by molar-refractivity contribution is 5.44. The van der Waals surface area contributed by atoms with Crippen molar-refractivity contribution in [2.24, 2.45) is 0 Å². The van der Waals surface area contributed by atoms with Crippen molar-refractivity contribution in [3.63, 3.8) is 0 Å². The summed E-state index contributed by atoms with van der Waals surface area (Å²) in [6.07, 6.45) is 3.84. The van der Waals surface area contributed by atoms with Gasteiger partial charge in [0.1, 0.15) is 6.10 Å². The third-order valence-electron chi connectivity index (χ3n) is 4.00. The Morgan fingerprint density at radius 1 is 0.810 bits per heavy atom. The predicted molar refractivity (Wildman–Crippen MR) is 93.0 cm³/mol. The van der Waals surface area contributed by atoms with Gasteiger partial charge in [-0.25, -0.2) is 0 Å². The summed E-state index contributed by atoms with van der Waals surface area (Å²) in [4.78, 5) is 0. The molecule has 1 atom stereocenters. The molecule has 0 bridgehead atoms. The summed E-state index contributed by atoms with van der Waals surface area (Å²) in [6.45, 7) is 17.8. The third kappa shape index (κ3) is 4.36. The van der Waals surface area contributed by atoms with Crippen LogP contribution in [0, 0.1) is 0 Å². The van der Waals surface area contributed by atoms with Gasteiger partial charge in [-0.3, -0.25) is 0 Å². The Hall–Kier alpha value is -1.24. The molecule has 0 amide bonds. The molecule has 0 saturated carbocycles. The lowest BCUT2D eigenvalue weighted by Gasteiger charge is -2.26. The number of ether oxygens (including phenoxy) is 1. The minimum absolute atomic E-state index is 0.0946. The number of hydrogen-bond donors (Lipinski definition) is 0. The molecule has 1 nitrogen and oxygen atoms in total. The molecule has 0 aliphatic heterocycles. The molecule has 1 rings (SSSR count). The van der Waals surface area contributed by atoms with E-state index in [1.165, 1.54) is 22.3 Å². The van der Waals surface area contributed by atoms with Crippen molar-refractivity contribution in [2.75, 3.05) is 0 Å². The second kappa shape index (κ2) is 7.68. The molecule has 0 N–H and O–H groups in total. The highest BCUT2D eigenvalue weighted by Gasteiger charge is 2.21. The molecule has 0 spiro atoms. The summed E-state index contributed by atoms with van der Waals surface area (Å²) >= 11 is 0. The number of allylic oxidation sites excluding steroid dienone is 1. The smallest absolute Gasteiger partial charge is 0.121 e. The third-order valence-corrected chi connectivity index (χ3v) is 4.00. The maximum absolute atomic E-state index is 5.88. The minimum atomic E-state index is 0.0946. The molecular formula is C20H32O. The maximum atomic E-state index is 5.88. The topological polar surface area (TPSA) is 9.23 Å². The van der Waals surface area contributed by atoms with Gasteiger partial charge in [0.25, 0.3) is 0 Å². The van der Waals surface area contributed by atoms with Gasteiger partial charge in [0, 0.05) is 0 Å². The second-order valence-electron chi connectivity index (χ2n) is 6.82. The molecule has 1 unspecified atom stereocenters. The van der Waals surface area contributed by atoms with Gasteiger partial charge in [-0.2, -0.15) is 0 Å².